The van der Waals surface area contributed by atoms with Gasteiger partial charge in [0.25, 0.3) is 17.4 Å². The molecule has 0 aliphatic carbocycles. The van der Waals surface area contributed by atoms with Gasteiger partial charge in [0.2, 0.25) is 0 Å². The van der Waals surface area contributed by atoms with Gasteiger partial charge in [-0.1, -0.05) is 41.9 Å². The maximum absolute atomic E-state index is 12.5. The van der Waals surface area contributed by atoms with Crippen molar-refractivity contribution in [1.29, 1.82) is 0 Å². The molecule has 9 heteroatoms. The first-order chi connectivity index (χ1) is 14.0. The second kappa shape index (κ2) is 9.03. The second-order valence-electron chi connectivity index (χ2n) is 5.96. The molecule has 2 aromatic carbocycles. The zero-order chi connectivity index (χ0) is 20.8. The Morgan fingerprint density at radius 3 is 2.45 bits per heavy atom. The van der Waals surface area contributed by atoms with Crippen LogP contribution in [-0.4, -0.2) is 21.6 Å². The number of nitrogens with zero attached hydrogens (tertiary/aromatic N) is 2. The minimum absolute atomic E-state index is 0.0179. The summed E-state index contributed by atoms with van der Waals surface area (Å²) in [5, 5.41) is 4.38. The van der Waals surface area contributed by atoms with Crippen LogP contribution in [0.2, 0.25) is 5.02 Å². The number of nitrogens with one attached hydrogen (secondary N) is 2. The fraction of sp³-hybridized carbons (Fsp3) is 0.100. The number of amides is 2. The normalized spacial score (nSPS) is 10.3. The van der Waals surface area contributed by atoms with Gasteiger partial charge in [0, 0.05) is 23.7 Å². The summed E-state index contributed by atoms with van der Waals surface area (Å²) in [7, 11) is 1.42. The zero-order valence-electron chi connectivity index (χ0n) is 15.4. The van der Waals surface area contributed by atoms with E-state index in [9.17, 15) is 14.4 Å². The molecule has 3 aromatic rings. The Balaban J connectivity index is 1.66. The molecule has 29 heavy (non-hydrogen) atoms. The van der Waals surface area contributed by atoms with E-state index < -0.39 is 11.8 Å². The first-order valence-electron chi connectivity index (χ1n) is 8.56. The second-order valence-corrected chi connectivity index (χ2v) is 6.37. The third-order valence-electron chi connectivity index (χ3n) is 3.96. The fourth-order valence-corrected chi connectivity index (χ4v) is 2.61. The number of hydrogen-bond donors (Lipinski definition) is 2. The van der Waals surface area contributed by atoms with E-state index in [1.165, 1.54) is 19.2 Å². The first kappa shape index (κ1) is 20.1. The van der Waals surface area contributed by atoms with Crippen LogP contribution in [0.4, 0.5) is 0 Å². The topological polar surface area (TPSA) is 102 Å². The summed E-state index contributed by atoms with van der Waals surface area (Å²) in [6.45, 7) is 0.179. The summed E-state index contributed by atoms with van der Waals surface area (Å²) in [5.74, 6) is -0.902. The lowest BCUT2D eigenvalue weighted by Gasteiger charge is -2.13. The molecular weight excluding hydrogens is 396 g/mol. The molecule has 8 nitrogen and oxygen atoms in total. The van der Waals surface area contributed by atoms with E-state index >= 15 is 0 Å². The number of halogens is 1. The Hall–Kier alpha value is -3.65. The molecule has 2 amide bonds. The molecule has 3 rings (SSSR count). The average Bonchev–Trinajstić information content (AvgIpc) is 2.73. The number of para-hydroxylation sites is 1. The molecule has 0 aliphatic rings. The van der Waals surface area contributed by atoms with E-state index in [1.807, 2.05) is 18.2 Å². The zero-order valence-corrected chi connectivity index (χ0v) is 16.1. The number of carbonyl (C=O) groups is 2. The Bertz CT molecular complexity index is 1110. The van der Waals surface area contributed by atoms with Crippen molar-refractivity contribution >= 4 is 23.4 Å². The summed E-state index contributed by atoms with van der Waals surface area (Å²) in [6.07, 6.45) is 0. The standard InChI is InChI=1S/C20H17ClN4O4/c1-25-18(26)11-10-16(24-25)20(28)23-22-19(27)14-7-3-5-9-17(14)29-12-13-6-2-4-8-15(13)21/h2-11H,12H2,1H3,(H,22,27)(H,23,28). The van der Waals surface area contributed by atoms with E-state index in [0.717, 1.165) is 10.2 Å². The van der Waals surface area contributed by atoms with E-state index in [1.54, 1.807) is 30.3 Å². The maximum Gasteiger partial charge on any atom is 0.290 e. The Morgan fingerprint density at radius 2 is 1.69 bits per heavy atom. The lowest BCUT2D eigenvalue weighted by atomic mass is 10.2. The highest BCUT2D eigenvalue weighted by Gasteiger charge is 2.15. The van der Waals surface area contributed by atoms with Crippen molar-refractivity contribution in [3.05, 3.63) is 92.9 Å². The molecular formula is C20H17ClN4O4. The van der Waals surface area contributed by atoms with Crippen LogP contribution in [0.25, 0.3) is 0 Å². The van der Waals surface area contributed by atoms with Crippen molar-refractivity contribution in [3.8, 4) is 5.75 Å². The van der Waals surface area contributed by atoms with Crippen LogP contribution in [-0.2, 0) is 13.7 Å². The lowest BCUT2D eigenvalue weighted by Crippen LogP contribution is -2.42. The van der Waals surface area contributed by atoms with Gasteiger partial charge in [-0.15, -0.1) is 0 Å². The number of hydrazine groups is 1. The first-order valence-corrected chi connectivity index (χ1v) is 8.94. The van der Waals surface area contributed by atoms with Gasteiger partial charge in [-0.3, -0.25) is 25.2 Å². The molecule has 0 fully saturated rings. The van der Waals surface area contributed by atoms with Crippen molar-refractivity contribution in [2.75, 3.05) is 0 Å². The van der Waals surface area contributed by atoms with Gasteiger partial charge in [-0.25, -0.2) is 4.68 Å². The Kier molecular flexibility index (Phi) is 6.25. The number of aryl methyl sites for hydroxylation is 1. The van der Waals surface area contributed by atoms with Gasteiger partial charge in [0.15, 0.2) is 5.69 Å². The van der Waals surface area contributed by atoms with Gasteiger partial charge < -0.3 is 4.74 Å². The molecule has 0 radical (unpaired) electrons. The fourth-order valence-electron chi connectivity index (χ4n) is 2.42. The van der Waals surface area contributed by atoms with E-state index in [0.29, 0.717) is 10.8 Å². The molecule has 1 heterocycles. The van der Waals surface area contributed by atoms with Crippen LogP contribution in [0.1, 0.15) is 26.4 Å². The molecule has 0 saturated carbocycles. The number of ether oxygens (including phenoxy) is 1. The van der Waals surface area contributed by atoms with Crippen LogP contribution >= 0.6 is 11.6 Å². The molecule has 0 bridgehead atoms. The minimum atomic E-state index is -0.664. The predicted molar refractivity (Wildman–Crippen MR) is 107 cm³/mol. The molecule has 2 N–H and O–H groups in total. The number of aromatic nitrogens is 2. The van der Waals surface area contributed by atoms with Gasteiger partial charge in [0.05, 0.1) is 5.56 Å². The van der Waals surface area contributed by atoms with Crippen LogP contribution in [0.15, 0.2) is 65.5 Å². The van der Waals surface area contributed by atoms with E-state index in [4.69, 9.17) is 16.3 Å². The molecule has 0 spiro atoms. The van der Waals surface area contributed by atoms with Crippen molar-refractivity contribution in [2.45, 2.75) is 6.61 Å². The number of carbonyl (C=O) groups excluding carboxylic acids is 2. The third kappa shape index (κ3) is 4.99. The smallest absolute Gasteiger partial charge is 0.290 e. The lowest BCUT2D eigenvalue weighted by molar-refractivity contribution is 0.0840. The van der Waals surface area contributed by atoms with E-state index in [2.05, 4.69) is 16.0 Å². The highest BCUT2D eigenvalue weighted by atomic mass is 35.5. The maximum atomic E-state index is 12.5. The molecule has 0 atom stereocenters. The average molecular weight is 413 g/mol. The summed E-state index contributed by atoms with van der Waals surface area (Å²) < 4.78 is 6.76. The van der Waals surface area contributed by atoms with Crippen molar-refractivity contribution in [3.63, 3.8) is 0 Å². The van der Waals surface area contributed by atoms with Gasteiger partial charge in [-0.05, 0) is 24.3 Å². The number of hydrogen-bond acceptors (Lipinski definition) is 5. The van der Waals surface area contributed by atoms with Crippen LogP contribution in [0.3, 0.4) is 0 Å². The summed E-state index contributed by atoms with van der Waals surface area (Å²) in [4.78, 5) is 36.0. The Morgan fingerprint density at radius 1 is 1.00 bits per heavy atom. The van der Waals surface area contributed by atoms with Crippen molar-refractivity contribution in [2.24, 2.45) is 7.05 Å². The largest absolute Gasteiger partial charge is 0.488 e. The van der Waals surface area contributed by atoms with Crippen molar-refractivity contribution < 1.29 is 14.3 Å². The van der Waals surface area contributed by atoms with Crippen LogP contribution < -0.4 is 21.1 Å². The summed E-state index contributed by atoms with van der Waals surface area (Å²) in [5.41, 5.74) is 5.21. The minimum Gasteiger partial charge on any atom is -0.488 e. The van der Waals surface area contributed by atoms with Gasteiger partial charge in [0.1, 0.15) is 12.4 Å². The Labute approximate surface area is 171 Å². The molecule has 148 valence electrons. The van der Waals surface area contributed by atoms with Crippen molar-refractivity contribution in [1.82, 2.24) is 20.6 Å². The van der Waals surface area contributed by atoms with Gasteiger partial charge >= 0.3 is 0 Å². The molecule has 1 aromatic heterocycles. The summed E-state index contributed by atoms with van der Waals surface area (Å²) in [6, 6.07) is 16.3. The number of benzene rings is 2. The molecule has 0 aliphatic heterocycles. The monoisotopic (exact) mass is 412 g/mol. The highest BCUT2D eigenvalue weighted by Crippen LogP contribution is 2.21. The molecule has 0 unspecified atom stereocenters. The highest BCUT2D eigenvalue weighted by molar-refractivity contribution is 6.31. The predicted octanol–water partition coefficient (Wildman–Crippen LogP) is 2.09. The number of rotatable bonds is 5. The van der Waals surface area contributed by atoms with Crippen LogP contribution in [0.5, 0.6) is 5.75 Å². The van der Waals surface area contributed by atoms with Gasteiger partial charge in [-0.2, -0.15) is 5.10 Å². The SMILES string of the molecule is Cn1nc(C(=O)NNC(=O)c2ccccc2OCc2ccccc2Cl)ccc1=O. The third-order valence-corrected chi connectivity index (χ3v) is 4.32. The molecule has 0 saturated heterocycles. The quantitative estimate of drug-likeness (QED) is 0.625. The van der Waals surface area contributed by atoms with E-state index in [-0.39, 0.29) is 23.4 Å². The summed E-state index contributed by atoms with van der Waals surface area (Å²) >= 11 is 6.12. The van der Waals surface area contributed by atoms with Crippen LogP contribution in [0, 0.1) is 0 Å².